The molecule has 9 aromatic rings. The van der Waals surface area contributed by atoms with Crippen molar-refractivity contribution in [1.82, 2.24) is 0 Å². The van der Waals surface area contributed by atoms with Crippen molar-refractivity contribution in [3.63, 3.8) is 0 Å². The minimum absolute atomic E-state index is 0.0928. The number of hydrogen-bond donors (Lipinski definition) is 2. The molecule has 0 spiro atoms. The second kappa shape index (κ2) is 32.8. The fourth-order valence-corrected chi connectivity index (χ4v) is 17.3. The van der Waals surface area contributed by atoms with E-state index in [0.29, 0.717) is 34.5 Å². The van der Waals surface area contributed by atoms with Crippen LogP contribution in [0, 0.1) is 0 Å². The fraction of sp³-hybridized carbons (Fsp3) is 0.410. The number of thioether (sulfide) groups is 4. The van der Waals surface area contributed by atoms with Crippen LogP contribution in [-0.2, 0) is 72.6 Å². The number of rotatable bonds is 22. The maximum Gasteiger partial charge on any atom is 0.316 e. The largest absolute Gasteiger partial charge is 0.459 e. The van der Waals surface area contributed by atoms with Crippen LogP contribution in [0.3, 0.4) is 0 Å². The van der Waals surface area contributed by atoms with Gasteiger partial charge in [-0.3, -0.25) is 19.2 Å². The van der Waals surface area contributed by atoms with Crippen LogP contribution in [-0.4, -0.2) is 69.3 Å². The smallest absolute Gasteiger partial charge is 0.316 e. The van der Waals surface area contributed by atoms with Gasteiger partial charge in [0.15, 0.2) is 0 Å². The molecule has 2 fully saturated rings. The zero-order valence-corrected chi connectivity index (χ0v) is 59.8. The zero-order valence-electron chi connectivity index (χ0n) is 54.8. The van der Waals surface area contributed by atoms with Crippen LogP contribution in [0.4, 0.5) is 0 Å². The second-order valence-corrected chi connectivity index (χ2v) is 30.6. The minimum Gasteiger partial charge on any atom is -0.459 e. The summed E-state index contributed by atoms with van der Waals surface area (Å²) in [5, 5.41) is 14.8. The van der Waals surface area contributed by atoms with E-state index in [1.807, 2.05) is 41.5 Å². The van der Waals surface area contributed by atoms with E-state index < -0.39 is 11.2 Å². The van der Waals surface area contributed by atoms with Gasteiger partial charge in [0.1, 0.15) is 22.4 Å². The monoisotopic (exact) mass is 1350 g/mol. The third kappa shape index (κ3) is 18.1. The number of esters is 4. The predicted molar refractivity (Wildman–Crippen MR) is 401 cm³/mol. The highest BCUT2D eigenvalue weighted by Crippen LogP contribution is 2.42. The van der Waals surface area contributed by atoms with Gasteiger partial charge >= 0.3 is 23.9 Å². The summed E-state index contributed by atoms with van der Waals surface area (Å²) in [6, 6.07) is 51.0. The van der Waals surface area contributed by atoms with Gasteiger partial charge in [0, 0.05) is 34.5 Å². The molecule has 0 radical (unpaired) electrons. The lowest BCUT2D eigenvalue weighted by atomic mass is 9.93. The highest BCUT2D eigenvalue weighted by atomic mass is 32.2. The Bertz CT molecular complexity index is 3610. The summed E-state index contributed by atoms with van der Waals surface area (Å²) in [7, 11) is 0. The lowest BCUT2D eigenvalue weighted by Gasteiger charge is -2.27. The Morgan fingerprint density at radius 1 is 0.348 bits per heavy atom. The van der Waals surface area contributed by atoms with Crippen molar-refractivity contribution in [3.05, 3.63) is 179 Å². The molecule has 8 nitrogen and oxygen atoms in total. The zero-order chi connectivity index (χ0) is 65.5. The number of thiol groups is 2. The third-order valence-corrected chi connectivity index (χ3v) is 21.8. The minimum atomic E-state index is -0.477. The number of hydrogen-bond acceptors (Lipinski definition) is 14. The number of carbonyl (C=O) groups is 4. The molecule has 14 heteroatoms. The summed E-state index contributed by atoms with van der Waals surface area (Å²) >= 11 is 15.4. The molecular weight excluding hydrogens is 1260 g/mol. The Hall–Kier alpha value is -5.48. The van der Waals surface area contributed by atoms with E-state index in [4.69, 9.17) is 18.9 Å². The molecule has 2 aliphatic carbocycles. The molecule has 0 heterocycles. The van der Waals surface area contributed by atoms with Gasteiger partial charge in [0.05, 0.1) is 23.0 Å². The lowest BCUT2D eigenvalue weighted by Crippen LogP contribution is -2.31. The SMILES string of the molecule is CC(C)(C)OC(=O)CSCc1c2ccccc2c(CSCC(=O)OC(C)(C)C)c2ccccc12.CCC1(OC(=O)CSCc2c3ccccc3c(CSCC(=O)OC3(CC)CCCC3)c3ccccc23)CCCC1.SCc1c2ccccc2c(CS)c2ccccc12. The first kappa shape index (κ1) is 70.8. The van der Waals surface area contributed by atoms with Gasteiger partial charge in [-0.15, -0.1) is 47.0 Å². The Kier molecular flexibility index (Phi) is 25.2. The molecular formula is C78H90O8S6. The molecule has 11 rings (SSSR count). The maximum atomic E-state index is 12.8. The van der Waals surface area contributed by atoms with E-state index in [1.165, 1.54) is 98.0 Å². The Balaban J connectivity index is 0.000000174. The van der Waals surface area contributed by atoms with E-state index in [2.05, 4.69) is 185 Å². The van der Waals surface area contributed by atoms with Crippen molar-refractivity contribution in [3.8, 4) is 0 Å². The van der Waals surface area contributed by atoms with Crippen LogP contribution in [0.1, 0.15) is 153 Å². The number of carbonyl (C=O) groups excluding carboxylic acids is 4. The summed E-state index contributed by atoms with van der Waals surface area (Å²) < 4.78 is 22.9. The molecule has 0 bridgehead atoms. The van der Waals surface area contributed by atoms with Crippen LogP contribution < -0.4 is 0 Å². The van der Waals surface area contributed by atoms with Crippen LogP contribution >= 0.6 is 72.3 Å². The molecule has 0 amide bonds. The third-order valence-electron chi connectivity index (χ3n) is 17.5. The van der Waals surface area contributed by atoms with E-state index in [-0.39, 0.29) is 35.1 Å². The van der Waals surface area contributed by atoms with E-state index >= 15 is 0 Å². The molecule has 0 unspecified atom stereocenters. The molecule has 0 atom stereocenters. The maximum absolute atomic E-state index is 12.8. The van der Waals surface area contributed by atoms with Crippen molar-refractivity contribution in [1.29, 1.82) is 0 Å². The average molecular weight is 1350 g/mol. The summed E-state index contributed by atoms with van der Waals surface area (Å²) in [6.45, 7) is 15.6. The standard InChI is InChI=1S/C34H42O4S2.C28H34O4S2.C16H14S2/c1-3-33(17-9-10-18-33)37-31(35)23-39-21-29-25-13-5-7-15-27(25)30(28-16-8-6-14-26(28)29)22-40-24-32(36)38-34(4-2)19-11-12-20-34;1-27(2,3)31-25(29)17-33-15-23-19-11-7-9-13-21(19)24(22-14-10-8-12-20(22)23)16-34-18-26(30)32-28(4,5)6;17-9-15-11-5-1-2-6-12(11)16(10-18)14-8-4-3-7-13(14)15/h5-8,13-16H,3-4,9-12,17-24H2,1-2H3;7-14H,15-18H2,1-6H3;1-8,17-18H,9-10H2. The van der Waals surface area contributed by atoms with E-state index in [9.17, 15) is 19.2 Å². The Morgan fingerprint density at radius 3 is 0.728 bits per heavy atom. The van der Waals surface area contributed by atoms with Crippen molar-refractivity contribution in [2.75, 3.05) is 23.0 Å². The first-order chi connectivity index (χ1) is 44.3. The molecule has 2 aliphatic rings. The van der Waals surface area contributed by atoms with E-state index in [1.54, 1.807) is 47.0 Å². The van der Waals surface area contributed by atoms with Crippen molar-refractivity contribution in [2.24, 2.45) is 0 Å². The number of benzene rings is 9. The van der Waals surface area contributed by atoms with Crippen molar-refractivity contribution in [2.45, 2.75) is 177 Å². The van der Waals surface area contributed by atoms with Crippen LogP contribution in [0.5, 0.6) is 0 Å². The van der Waals surface area contributed by atoms with Gasteiger partial charge in [0.25, 0.3) is 0 Å². The molecule has 486 valence electrons. The van der Waals surface area contributed by atoms with Crippen LogP contribution in [0.2, 0.25) is 0 Å². The molecule has 0 aromatic heterocycles. The summed E-state index contributed by atoms with van der Waals surface area (Å²) in [5.74, 6) is 5.21. The van der Waals surface area contributed by atoms with Crippen molar-refractivity contribution < 1.29 is 38.1 Å². The second-order valence-electron chi connectivity index (χ2n) is 26.0. The number of fused-ring (bicyclic) bond motifs is 6. The average Bonchev–Trinajstić information content (AvgIpc) is 0.965. The molecule has 0 aliphatic heterocycles. The van der Waals surface area contributed by atoms with Gasteiger partial charge in [-0.25, -0.2) is 0 Å². The van der Waals surface area contributed by atoms with Gasteiger partial charge in [-0.2, -0.15) is 25.3 Å². The van der Waals surface area contributed by atoms with Gasteiger partial charge < -0.3 is 18.9 Å². The summed E-state index contributed by atoms with van der Waals surface area (Å²) in [5.41, 5.74) is 6.16. The summed E-state index contributed by atoms with van der Waals surface area (Å²) in [4.78, 5) is 50.0. The summed E-state index contributed by atoms with van der Waals surface area (Å²) in [6.07, 6.45) is 10.4. The highest BCUT2D eigenvalue weighted by molar-refractivity contribution is 7.99. The Labute approximate surface area is 573 Å². The van der Waals surface area contributed by atoms with Gasteiger partial charge in [-0.05, 0) is 204 Å². The lowest BCUT2D eigenvalue weighted by molar-refractivity contribution is -0.157. The topological polar surface area (TPSA) is 105 Å². The Morgan fingerprint density at radius 2 is 0.543 bits per heavy atom. The fourth-order valence-electron chi connectivity index (χ4n) is 13.2. The number of ether oxygens (including phenoxy) is 4. The van der Waals surface area contributed by atoms with Crippen LogP contribution in [0.25, 0.3) is 64.6 Å². The first-order valence-corrected chi connectivity index (χ1v) is 38.3. The highest BCUT2D eigenvalue weighted by Gasteiger charge is 2.37. The molecule has 0 saturated heterocycles. The first-order valence-electron chi connectivity index (χ1n) is 32.4. The quantitative estimate of drug-likeness (QED) is 0.0292. The van der Waals surface area contributed by atoms with Crippen LogP contribution in [0.15, 0.2) is 146 Å². The van der Waals surface area contributed by atoms with E-state index in [0.717, 1.165) is 87.2 Å². The molecule has 9 aromatic carbocycles. The van der Waals surface area contributed by atoms with Gasteiger partial charge in [0.2, 0.25) is 0 Å². The molecule has 2 saturated carbocycles. The molecule has 92 heavy (non-hydrogen) atoms. The van der Waals surface area contributed by atoms with Gasteiger partial charge in [-0.1, -0.05) is 159 Å². The van der Waals surface area contributed by atoms with Crippen molar-refractivity contribution >= 4 is 161 Å². The normalized spacial score (nSPS) is 14.5. The predicted octanol–water partition coefficient (Wildman–Crippen LogP) is 21.0. The molecule has 0 N–H and O–H groups in total.